The van der Waals surface area contributed by atoms with Crippen LogP contribution >= 0.6 is 0 Å². The minimum atomic E-state index is -0.293. The van der Waals surface area contributed by atoms with Crippen molar-refractivity contribution in [1.29, 1.82) is 0 Å². The normalized spacial score (nSPS) is 20.7. The van der Waals surface area contributed by atoms with Crippen LogP contribution in [0.4, 0.5) is 17.3 Å². The Kier molecular flexibility index (Phi) is 5.19. The van der Waals surface area contributed by atoms with E-state index in [4.69, 9.17) is 4.74 Å². The summed E-state index contributed by atoms with van der Waals surface area (Å²) in [6.07, 6.45) is 8.01. The summed E-state index contributed by atoms with van der Waals surface area (Å²) in [6, 6.07) is 5.56. The molecule has 0 amide bonds. The van der Waals surface area contributed by atoms with Crippen molar-refractivity contribution in [2.24, 2.45) is 5.92 Å². The van der Waals surface area contributed by atoms with Crippen molar-refractivity contribution in [3.05, 3.63) is 36.2 Å². The fourth-order valence-electron chi connectivity index (χ4n) is 4.07. The molecule has 3 aromatic heterocycles. The van der Waals surface area contributed by atoms with Gasteiger partial charge in [-0.3, -0.25) is 4.79 Å². The van der Waals surface area contributed by atoms with Crippen LogP contribution in [0.15, 0.2) is 30.6 Å². The van der Waals surface area contributed by atoms with E-state index in [0.717, 1.165) is 31.4 Å². The number of ketones is 1. The Bertz CT molecular complexity index is 1110. The molecule has 0 radical (unpaired) electrons. The van der Waals surface area contributed by atoms with E-state index in [1.807, 2.05) is 18.2 Å². The monoisotopic (exact) mass is 422 g/mol. The van der Waals surface area contributed by atoms with Gasteiger partial charge in [0.05, 0.1) is 17.9 Å². The van der Waals surface area contributed by atoms with Crippen molar-refractivity contribution >= 4 is 28.8 Å². The summed E-state index contributed by atoms with van der Waals surface area (Å²) in [5.41, 5.74) is 1.70. The molecule has 0 saturated heterocycles. The molecular formula is C22H26N6O3. The molecule has 3 N–H and O–H groups in total. The van der Waals surface area contributed by atoms with Gasteiger partial charge in [-0.15, -0.1) is 0 Å². The summed E-state index contributed by atoms with van der Waals surface area (Å²) in [5.74, 6) is 2.02. The molecule has 9 nitrogen and oxygen atoms in total. The van der Waals surface area contributed by atoms with Gasteiger partial charge in [0, 0.05) is 25.7 Å². The Balaban J connectivity index is 1.44. The van der Waals surface area contributed by atoms with E-state index in [-0.39, 0.29) is 23.9 Å². The summed E-state index contributed by atoms with van der Waals surface area (Å²) in [5, 5.41) is 20.5. The second-order valence-electron chi connectivity index (χ2n) is 8.33. The van der Waals surface area contributed by atoms with E-state index < -0.39 is 0 Å². The van der Waals surface area contributed by atoms with Crippen LogP contribution in [0.2, 0.25) is 0 Å². The maximum absolute atomic E-state index is 13.0. The minimum absolute atomic E-state index is 0.0000587. The number of aromatic nitrogens is 4. The number of carbonyl (C=O) groups is 1. The smallest absolute Gasteiger partial charge is 0.238 e. The molecule has 3 heterocycles. The average molecular weight is 422 g/mol. The predicted octanol–water partition coefficient (Wildman–Crippen LogP) is 3.18. The number of Topliss-reactive ketones (excluding diaryl/α,β-unsaturated/α-hetero) is 1. The molecule has 9 heteroatoms. The summed E-state index contributed by atoms with van der Waals surface area (Å²) in [6.45, 7) is 0. The first-order valence-corrected chi connectivity index (χ1v) is 10.8. The molecule has 0 aliphatic heterocycles. The Morgan fingerprint density at radius 3 is 2.94 bits per heavy atom. The fourth-order valence-corrected chi connectivity index (χ4v) is 4.07. The van der Waals surface area contributed by atoms with Gasteiger partial charge >= 0.3 is 0 Å². The van der Waals surface area contributed by atoms with Crippen LogP contribution in [0.3, 0.4) is 0 Å². The topological polar surface area (TPSA) is 114 Å². The van der Waals surface area contributed by atoms with Crippen molar-refractivity contribution in [1.82, 2.24) is 19.6 Å². The number of hydrogen-bond acceptors (Lipinski definition) is 8. The molecule has 3 aromatic rings. The zero-order valence-corrected chi connectivity index (χ0v) is 17.4. The Hall–Kier alpha value is -3.20. The number of aliphatic hydroxyl groups excluding tert-OH is 1. The molecule has 162 valence electrons. The van der Waals surface area contributed by atoms with Crippen molar-refractivity contribution in [2.45, 2.75) is 50.7 Å². The highest BCUT2D eigenvalue weighted by Gasteiger charge is 2.27. The number of fused-ring (bicyclic) bond motifs is 1. The third kappa shape index (κ3) is 4.18. The standard InChI is InChI=1S/C22H26N6O3/c1-23-20-11-19(26-17-3-2-8-24-22(17)31-15-6-7-15)27-21-16(12-25-28(20)21)18(30)10-13-4-5-14(29)9-13/h2-3,8,11-15,23,29H,4-7,9-10H2,1H3,(H,26,27)/t13?,14-/m0/s1. The van der Waals surface area contributed by atoms with Crippen LogP contribution in [-0.4, -0.2) is 49.7 Å². The zero-order valence-electron chi connectivity index (χ0n) is 17.4. The molecule has 0 bridgehead atoms. The summed E-state index contributed by atoms with van der Waals surface area (Å²) >= 11 is 0. The van der Waals surface area contributed by atoms with Gasteiger partial charge < -0.3 is 20.5 Å². The lowest BCUT2D eigenvalue weighted by Crippen LogP contribution is -2.09. The fraction of sp³-hybridized carbons (Fsp3) is 0.455. The van der Waals surface area contributed by atoms with Gasteiger partial charge in [0.25, 0.3) is 0 Å². The second-order valence-corrected chi connectivity index (χ2v) is 8.33. The van der Waals surface area contributed by atoms with E-state index in [9.17, 15) is 9.90 Å². The first kappa shape index (κ1) is 19.7. The third-order valence-electron chi connectivity index (χ3n) is 5.85. The second kappa shape index (κ2) is 8.14. The van der Waals surface area contributed by atoms with E-state index in [2.05, 4.69) is 25.7 Å². The maximum atomic E-state index is 13.0. The number of rotatable bonds is 8. The lowest BCUT2D eigenvalue weighted by molar-refractivity contribution is 0.0959. The number of ether oxygens (including phenoxy) is 1. The molecule has 1 unspecified atom stereocenters. The van der Waals surface area contributed by atoms with Crippen molar-refractivity contribution in [3.63, 3.8) is 0 Å². The minimum Gasteiger partial charge on any atom is -0.473 e. The van der Waals surface area contributed by atoms with Gasteiger partial charge in [0.15, 0.2) is 11.4 Å². The number of anilines is 3. The largest absolute Gasteiger partial charge is 0.473 e. The van der Waals surface area contributed by atoms with Crippen LogP contribution in [0.5, 0.6) is 5.88 Å². The van der Waals surface area contributed by atoms with Gasteiger partial charge in [0.1, 0.15) is 23.4 Å². The number of nitrogens with one attached hydrogen (secondary N) is 2. The van der Waals surface area contributed by atoms with Crippen molar-refractivity contribution in [3.8, 4) is 5.88 Å². The lowest BCUT2D eigenvalue weighted by atomic mass is 9.98. The van der Waals surface area contributed by atoms with Gasteiger partial charge in [-0.25, -0.2) is 9.97 Å². The van der Waals surface area contributed by atoms with Crippen LogP contribution in [0, 0.1) is 5.92 Å². The molecule has 31 heavy (non-hydrogen) atoms. The molecule has 0 aromatic carbocycles. The van der Waals surface area contributed by atoms with Crippen molar-refractivity contribution in [2.75, 3.05) is 17.7 Å². The quantitative estimate of drug-likeness (QED) is 0.474. The number of carbonyl (C=O) groups excluding carboxylic acids is 1. The van der Waals surface area contributed by atoms with E-state index in [0.29, 0.717) is 41.6 Å². The van der Waals surface area contributed by atoms with Crippen LogP contribution in [0.1, 0.15) is 48.9 Å². The van der Waals surface area contributed by atoms with Crippen LogP contribution in [0.25, 0.3) is 5.65 Å². The summed E-state index contributed by atoms with van der Waals surface area (Å²) in [4.78, 5) is 22.0. The van der Waals surface area contributed by atoms with Gasteiger partial charge in [-0.1, -0.05) is 0 Å². The van der Waals surface area contributed by atoms with Crippen LogP contribution in [-0.2, 0) is 0 Å². The maximum Gasteiger partial charge on any atom is 0.238 e. The molecule has 2 atom stereocenters. The van der Waals surface area contributed by atoms with Crippen molar-refractivity contribution < 1.29 is 14.6 Å². The summed E-state index contributed by atoms with van der Waals surface area (Å²) in [7, 11) is 1.80. The number of hydrogen-bond donors (Lipinski definition) is 3. The number of aliphatic hydroxyl groups is 1. The molecule has 2 saturated carbocycles. The Labute approximate surface area is 179 Å². The number of nitrogens with zero attached hydrogens (tertiary/aromatic N) is 4. The Morgan fingerprint density at radius 2 is 2.19 bits per heavy atom. The molecule has 0 spiro atoms. The summed E-state index contributed by atoms with van der Waals surface area (Å²) < 4.78 is 7.53. The molecule has 2 fully saturated rings. The van der Waals surface area contributed by atoms with E-state index in [1.54, 1.807) is 24.0 Å². The zero-order chi connectivity index (χ0) is 21.4. The van der Waals surface area contributed by atoms with Gasteiger partial charge in [-0.05, 0) is 50.2 Å². The predicted molar refractivity (Wildman–Crippen MR) is 116 cm³/mol. The van der Waals surface area contributed by atoms with Gasteiger partial charge in [-0.2, -0.15) is 9.61 Å². The number of pyridine rings is 1. The van der Waals surface area contributed by atoms with E-state index in [1.165, 1.54) is 0 Å². The Morgan fingerprint density at radius 1 is 1.32 bits per heavy atom. The first-order valence-electron chi connectivity index (χ1n) is 10.8. The highest BCUT2D eigenvalue weighted by Crippen LogP contribution is 2.33. The molecule has 2 aliphatic rings. The average Bonchev–Trinajstić information content (AvgIpc) is 3.32. The van der Waals surface area contributed by atoms with Gasteiger partial charge in [0.2, 0.25) is 5.88 Å². The van der Waals surface area contributed by atoms with Crippen LogP contribution < -0.4 is 15.4 Å². The van der Waals surface area contributed by atoms with E-state index >= 15 is 0 Å². The molecule has 2 aliphatic carbocycles. The molecular weight excluding hydrogens is 396 g/mol. The third-order valence-corrected chi connectivity index (χ3v) is 5.85. The lowest BCUT2D eigenvalue weighted by Gasteiger charge is -2.13. The highest BCUT2D eigenvalue weighted by molar-refractivity contribution is 6.01. The first-order chi connectivity index (χ1) is 15.1. The highest BCUT2D eigenvalue weighted by atomic mass is 16.5. The SMILES string of the molecule is CNc1cc(Nc2cccnc2OC2CC2)nc2c(C(=O)CC3CC[C@H](O)C3)cnn12. The molecule has 5 rings (SSSR count).